The van der Waals surface area contributed by atoms with Gasteiger partial charge in [0.25, 0.3) is 11.8 Å². The van der Waals surface area contributed by atoms with Crippen molar-refractivity contribution in [2.45, 2.75) is 188 Å². The van der Waals surface area contributed by atoms with Crippen LogP contribution in [0.15, 0.2) is 30.5 Å². The Balaban J connectivity index is 1.60. The van der Waals surface area contributed by atoms with E-state index in [1.54, 1.807) is 112 Å². The summed E-state index contributed by atoms with van der Waals surface area (Å²) in [5, 5.41) is 22.1. The molecule has 1 aromatic heterocycles. The molecule has 1 heterocycles. The van der Waals surface area contributed by atoms with E-state index >= 15 is 0 Å². The van der Waals surface area contributed by atoms with Crippen molar-refractivity contribution in [1.82, 2.24) is 47.1 Å². The lowest BCUT2D eigenvalue weighted by Gasteiger charge is -2.27. The summed E-state index contributed by atoms with van der Waals surface area (Å²) in [5.41, 5.74) is 0.667. The average Bonchev–Trinajstić information content (AvgIpc) is 3.79. The number of nitrogens with zero attached hydrogens (tertiary/aromatic N) is 3. The van der Waals surface area contributed by atoms with E-state index in [1.165, 1.54) is 0 Å². The highest BCUT2D eigenvalue weighted by molar-refractivity contribution is 5.97. The molecule has 2 rings (SSSR count). The van der Waals surface area contributed by atoms with E-state index in [1.807, 2.05) is 11.7 Å². The normalized spacial score (nSPS) is 12.6. The third kappa shape index (κ3) is 35.2. The van der Waals surface area contributed by atoms with Gasteiger partial charge < -0.3 is 59.7 Å². The number of hydroxylamine groups is 1. The van der Waals surface area contributed by atoms with Crippen molar-refractivity contribution in [3.05, 3.63) is 47.3 Å². The number of hydrogen-bond donors (Lipinski definition) is 6. The Morgan fingerprint density at radius 2 is 1.02 bits per heavy atom. The minimum absolute atomic E-state index is 0.0768. The Morgan fingerprint density at radius 1 is 0.537 bits per heavy atom. The number of nitrogens with one attached hydrogen (secondary N) is 6. The molecule has 0 saturated heterocycles. The van der Waals surface area contributed by atoms with Crippen LogP contribution in [0.5, 0.6) is 0 Å². The molecular weight excluding hydrogens is 1040 g/mol. The predicted molar refractivity (Wildman–Crippen MR) is 294 cm³/mol. The predicted octanol–water partition coefficient (Wildman–Crippen LogP) is 5.18. The number of ether oxygens (including phenoxy) is 7. The molecule has 6 amide bonds. The van der Waals surface area contributed by atoms with Crippen LogP contribution >= 0.6 is 0 Å². The smallest absolute Gasteiger partial charge is 0.431 e. The quantitative estimate of drug-likeness (QED) is 0.0222. The van der Waals surface area contributed by atoms with E-state index in [9.17, 15) is 38.4 Å². The van der Waals surface area contributed by atoms with Crippen molar-refractivity contribution in [2.75, 3.05) is 65.9 Å². The number of urea groups is 1. The average molecular weight is 1130 g/mol. The van der Waals surface area contributed by atoms with Gasteiger partial charge >= 0.3 is 30.0 Å². The van der Waals surface area contributed by atoms with Crippen LogP contribution in [0.1, 0.15) is 167 Å². The highest BCUT2D eigenvalue weighted by Crippen LogP contribution is 2.16. The summed E-state index contributed by atoms with van der Waals surface area (Å²) < 4.78 is 39.6. The standard InChI is InChI=1S/C55H91N9O16/c1-52(2,3)77-45(66)26-25-43(49(70)79-54(7,8)9)60-50(71)59-42(48(69)78-53(4,5)6)20-16-18-30-64-37-41(61-63-64)19-15-13-14-17-27-57-46(67)39-21-23-40(24-22-39)47(68)58-29-32-74-34-36-75-35-33-73-31-28-56-44(65)38-76-62-51(72)80-55(10,11)12/h21-24,37,42-43H,13-20,25-36,38H2,1-12H3,(H,56,65)(H,57,67)(H,58,68)(H,62,72)(H2,59,60,71)/t42-,43-/m0/s1. The summed E-state index contributed by atoms with van der Waals surface area (Å²) in [6.07, 6.45) is 6.51. The van der Waals surface area contributed by atoms with Crippen LogP contribution in [0, 0.1) is 0 Å². The molecule has 80 heavy (non-hydrogen) atoms. The maximum absolute atomic E-state index is 13.3. The van der Waals surface area contributed by atoms with Crippen molar-refractivity contribution in [2.24, 2.45) is 0 Å². The monoisotopic (exact) mass is 1130 g/mol. The fourth-order valence-electron chi connectivity index (χ4n) is 6.96. The summed E-state index contributed by atoms with van der Waals surface area (Å²) in [7, 11) is 0. The molecule has 0 saturated carbocycles. The van der Waals surface area contributed by atoms with Gasteiger partial charge in [-0.25, -0.2) is 19.2 Å². The summed E-state index contributed by atoms with van der Waals surface area (Å²) in [4.78, 5) is 105. The first-order valence-corrected chi connectivity index (χ1v) is 27.4. The van der Waals surface area contributed by atoms with Crippen molar-refractivity contribution < 1.29 is 76.4 Å². The Bertz CT molecular complexity index is 2210. The number of unbranched alkanes of at least 4 members (excludes halogenated alkanes) is 4. The zero-order chi connectivity index (χ0) is 59.8. The molecule has 0 aliphatic heterocycles. The molecule has 25 nitrogen and oxygen atoms in total. The van der Waals surface area contributed by atoms with Crippen molar-refractivity contribution in [1.29, 1.82) is 0 Å². The Labute approximate surface area is 471 Å². The van der Waals surface area contributed by atoms with Crippen molar-refractivity contribution >= 4 is 47.8 Å². The Morgan fingerprint density at radius 3 is 1.56 bits per heavy atom. The fraction of sp³-hybridized carbons (Fsp3) is 0.709. The van der Waals surface area contributed by atoms with E-state index in [-0.39, 0.29) is 64.0 Å². The topological polar surface area (TPSA) is 313 Å². The number of aromatic nitrogens is 3. The van der Waals surface area contributed by atoms with Crippen molar-refractivity contribution in [3.63, 3.8) is 0 Å². The lowest BCUT2D eigenvalue weighted by Crippen LogP contribution is -2.53. The van der Waals surface area contributed by atoms with Crippen LogP contribution in [0.25, 0.3) is 0 Å². The van der Waals surface area contributed by atoms with Crippen molar-refractivity contribution in [3.8, 4) is 0 Å². The molecule has 0 spiro atoms. The molecule has 0 aliphatic rings. The van der Waals surface area contributed by atoms with Gasteiger partial charge in [-0.2, -0.15) is 5.48 Å². The lowest BCUT2D eigenvalue weighted by atomic mass is 10.1. The maximum atomic E-state index is 13.3. The van der Waals surface area contributed by atoms with Gasteiger partial charge in [-0.3, -0.25) is 28.7 Å². The maximum Gasteiger partial charge on any atom is 0.431 e. The minimum Gasteiger partial charge on any atom is -0.460 e. The summed E-state index contributed by atoms with van der Waals surface area (Å²) >= 11 is 0. The van der Waals surface area contributed by atoms with E-state index in [2.05, 4.69) is 36.9 Å². The van der Waals surface area contributed by atoms with Crippen LogP contribution in [-0.2, 0) is 70.1 Å². The van der Waals surface area contributed by atoms with E-state index < -0.39 is 70.4 Å². The van der Waals surface area contributed by atoms with Gasteiger partial charge in [0.2, 0.25) is 5.91 Å². The first-order valence-electron chi connectivity index (χ1n) is 27.4. The molecule has 0 fully saturated rings. The largest absolute Gasteiger partial charge is 0.460 e. The van der Waals surface area contributed by atoms with E-state index in [4.69, 9.17) is 38.0 Å². The molecule has 0 unspecified atom stereocenters. The van der Waals surface area contributed by atoms with Crippen LogP contribution < -0.4 is 32.1 Å². The number of carbonyl (C=O) groups excluding carboxylic acids is 8. The lowest BCUT2D eigenvalue weighted by molar-refractivity contribution is -0.159. The van der Waals surface area contributed by atoms with Gasteiger partial charge in [0.15, 0.2) is 6.61 Å². The van der Waals surface area contributed by atoms with Crippen LogP contribution in [0.4, 0.5) is 9.59 Å². The van der Waals surface area contributed by atoms with Gasteiger partial charge in [-0.15, -0.1) is 5.10 Å². The van der Waals surface area contributed by atoms with Gasteiger partial charge in [-0.1, -0.05) is 18.1 Å². The second-order valence-corrected chi connectivity index (χ2v) is 22.7. The molecule has 0 bridgehead atoms. The van der Waals surface area contributed by atoms with Gasteiger partial charge in [-0.05, 0) is 152 Å². The number of hydrogen-bond acceptors (Lipinski definition) is 18. The van der Waals surface area contributed by atoms with Gasteiger partial charge in [0.05, 0.1) is 45.3 Å². The second-order valence-electron chi connectivity index (χ2n) is 22.7. The zero-order valence-corrected chi connectivity index (χ0v) is 49.3. The molecule has 0 aliphatic carbocycles. The number of carbonyl (C=O) groups is 8. The third-order valence-electron chi connectivity index (χ3n) is 10.4. The van der Waals surface area contributed by atoms with Gasteiger partial charge in [0.1, 0.15) is 34.5 Å². The number of esters is 3. The first-order chi connectivity index (χ1) is 37.5. The summed E-state index contributed by atoms with van der Waals surface area (Å²) in [6, 6.07) is 3.42. The number of amides is 6. The Kier molecular flexibility index (Phi) is 31.4. The zero-order valence-electron chi connectivity index (χ0n) is 49.3. The third-order valence-corrected chi connectivity index (χ3v) is 10.4. The molecule has 6 N–H and O–H groups in total. The molecule has 2 aromatic rings. The molecular formula is C55H91N9O16. The summed E-state index contributed by atoms with van der Waals surface area (Å²) in [6.45, 7) is 23.6. The van der Waals surface area contributed by atoms with E-state index in [0.717, 1.165) is 37.8 Å². The molecule has 0 radical (unpaired) electrons. The number of aryl methyl sites for hydroxylation is 2. The first kappa shape index (κ1) is 69.7. The number of benzene rings is 1. The van der Waals surface area contributed by atoms with E-state index in [0.29, 0.717) is 63.5 Å². The number of rotatable bonds is 36. The molecule has 1 aromatic carbocycles. The summed E-state index contributed by atoms with van der Waals surface area (Å²) in [5.74, 6) is -2.84. The SMILES string of the molecule is CC(C)(C)OC(=O)CC[C@H](NC(=O)N[C@@H](CCCCn1cc(CCCCCCNC(=O)c2ccc(C(=O)NCCOCCOCCOCCNC(=O)CONC(=O)OC(C)(C)C)cc2)nn1)C(=O)OC(C)(C)C)C(=O)OC(C)(C)C. The fourth-order valence-corrected chi connectivity index (χ4v) is 6.96. The highest BCUT2D eigenvalue weighted by atomic mass is 16.7. The molecule has 25 heteroatoms. The molecule has 452 valence electrons. The molecule has 2 atom stereocenters. The van der Waals surface area contributed by atoms with Crippen LogP contribution in [0.2, 0.25) is 0 Å². The van der Waals surface area contributed by atoms with Gasteiger partial charge in [0, 0.05) is 49.9 Å². The highest BCUT2D eigenvalue weighted by Gasteiger charge is 2.31. The minimum atomic E-state index is -1.19. The second kappa shape index (κ2) is 36.0. The van der Waals surface area contributed by atoms with Crippen LogP contribution in [0.3, 0.4) is 0 Å². The van der Waals surface area contributed by atoms with Crippen LogP contribution in [-0.4, -0.2) is 163 Å². The Hall–Kier alpha value is -6.44.